The molecule has 3 nitrogen and oxygen atoms in total. The summed E-state index contributed by atoms with van der Waals surface area (Å²) in [6.07, 6.45) is 3.21. The fourth-order valence-electron chi connectivity index (χ4n) is 4.03. The zero-order valence-corrected chi connectivity index (χ0v) is 12.1. The molecule has 1 saturated heterocycles. The average Bonchev–Trinajstić information content (AvgIpc) is 2.46. The number of hydrogen-bond acceptors (Lipinski definition) is 2. The van der Waals surface area contributed by atoms with Gasteiger partial charge in [0.15, 0.2) is 0 Å². The molecule has 1 spiro atoms. The van der Waals surface area contributed by atoms with Crippen molar-refractivity contribution >= 4 is 5.97 Å². The molecule has 1 N–H and O–H groups in total. The molecule has 0 radical (unpaired) electrons. The van der Waals surface area contributed by atoms with Gasteiger partial charge in [0.2, 0.25) is 0 Å². The lowest BCUT2D eigenvalue weighted by molar-refractivity contribution is -0.162. The van der Waals surface area contributed by atoms with E-state index in [1.807, 2.05) is 0 Å². The van der Waals surface area contributed by atoms with Crippen LogP contribution in [0.4, 0.5) is 0 Å². The lowest BCUT2D eigenvalue weighted by atomic mass is 9.51. The Labute approximate surface area is 120 Å². The van der Waals surface area contributed by atoms with E-state index in [9.17, 15) is 4.79 Å². The smallest absolute Gasteiger partial charge is 0.306 e. The molecule has 3 rings (SSSR count). The van der Waals surface area contributed by atoms with E-state index in [1.54, 1.807) is 0 Å². The van der Waals surface area contributed by atoms with Crippen LogP contribution in [-0.2, 0) is 11.3 Å². The van der Waals surface area contributed by atoms with E-state index in [0.29, 0.717) is 11.3 Å². The molecule has 0 bridgehead atoms. The summed E-state index contributed by atoms with van der Waals surface area (Å²) in [7, 11) is 0. The number of nitrogens with zero attached hydrogens (tertiary/aromatic N) is 1. The van der Waals surface area contributed by atoms with Gasteiger partial charge in [0, 0.05) is 6.54 Å². The van der Waals surface area contributed by atoms with Gasteiger partial charge in [0.1, 0.15) is 0 Å². The van der Waals surface area contributed by atoms with Gasteiger partial charge in [-0.2, -0.15) is 0 Å². The van der Waals surface area contributed by atoms with Crippen molar-refractivity contribution in [3.8, 4) is 0 Å². The van der Waals surface area contributed by atoms with Gasteiger partial charge in [-0.25, -0.2) is 0 Å². The second-order valence-electron chi connectivity index (χ2n) is 6.56. The first-order valence-corrected chi connectivity index (χ1v) is 7.60. The molecular formula is C17H23NO2. The minimum atomic E-state index is -0.602. The number of likely N-dealkylation sites (tertiary alicyclic amines) is 1. The van der Waals surface area contributed by atoms with Crippen molar-refractivity contribution in [3.05, 3.63) is 35.9 Å². The molecule has 1 aromatic carbocycles. The van der Waals surface area contributed by atoms with Crippen LogP contribution in [-0.4, -0.2) is 29.1 Å². The summed E-state index contributed by atoms with van der Waals surface area (Å²) in [5.74, 6) is -0.357. The maximum absolute atomic E-state index is 11.1. The summed E-state index contributed by atoms with van der Waals surface area (Å²) in [5, 5.41) is 9.15. The highest BCUT2D eigenvalue weighted by atomic mass is 16.4. The highest BCUT2D eigenvalue weighted by molar-refractivity contribution is 5.72. The van der Waals surface area contributed by atoms with E-state index in [2.05, 4.69) is 42.2 Å². The molecule has 2 fully saturated rings. The summed E-state index contributed by atoms with van der Waals surface area (Å²) in [6, 6.07) is 10.6. The Hall–Kier alpha value is -1.35. The van der Waals surface area contributed by atoms with E-state index in [0.717, 1.165) is 38.9 Å². The molecule has 20 heavy (non-hydrogen) atoms. The molecule has 3 heteroatoms. The Balaban J connectivity index is 1.54. The second kappa shape index (κ2) is 5.21. The zero-order valence-electron chi connectivity index (χ0n) is 12.1. The van der Waals surface area contributed by atoms with Crippen LogP contribution >= 0.6 is 0 Å². The number of benzene rings is 1. The minimum Gasteiger partial charge on any atom is -0.481 e. The van der Waals surface area contributed by atoms with Gasteiger partial charge in [-0.15, -0.1) is 0 Å². The van der Waals surface area contributed by atoms with Gasteiger partial charge in [0.25, 0.3) is 0 Å². The van der Waals surface area contributed by atoms with Crippen molar-refractivity contribution in [1.82, 2.24) is 4.90 Å². The number of carboxylic acid groups (broad SMARTS) is 1. The summed E-state index contributed by atoms with van der Waals surface area (Å²) in [4.78, 5) is 13.6. The fourth-order valence-corrected chi connectivity index (χ4v) is 4.03. The van der Waals surface area contributed by atoms with Crippen molar-refractivity contribution in [1.29, 1.82) is 0 Å². The predicted octanol–water partition coefficient (Wildman–Crippen LogP) is 3.01. The molecule has 108 valence electrons. The van der Waals surface area contributed by atoms with Crippen LogP contribution in [0.5, 0.6) is 0 Å². The second-order valence-corrected chi connectivity index (χ2v) is 6.56. The third-order valence-electron chi connectivity index (χ3n) is 5.61. The number of piperidine rings is 1. The molecule has 0 aromatic heterocycles. The number of aliphatic carboxylic acids is 1. The molecule has 2 aliphatic rings. The molecule has 1 aliphatic heterocycles. The molecule has 2 atom stereocenters. The van der Waals surface area contributed by atoms with E-state index in [1.165, 1.54) is 5.56 Å². The predicted molar refractivity (Wildman–Crippen MR) is 78.3 cm³/mol. The largest absolute Gasteiger partial charge is 0.481 e. The van der Waals surface area contributed by atoms with Crippen LogP contribution < -0.4 is 0 Å². The van der Waals surface area contributed by atoms with E-state index >= 15 is 0 Å². The van der Waals surface area contributed by atoms with E-state index in [4.69, 9.17) is 5.11 Å². The lowest BCUT2D eigenvalue weighted by Crippen LogP contribution is -2.54. The SMILES string of the molecule is CC1C(C(=O)O)CC12CCN(Cc1ccccc1)CC2. The first kappa shape index (κ1) is 13.6. The summed E-state index contributed by atoms with van der Waals surface area (Å²) in [5.41, 5.74) is 1.68. The van der Waals surface area contributed by atoms with Gasteiger partial charge in [-0.05, 0) is 49.2 Å². The van der Waals surface area contributed by atoms with Gasteiger partial charge in [-0.3, -0.25) is 9.69 Å². The molecule has 0 amide bonds. The van der Waals surface area contributed by atoms with Gasteiger partial charge < -0.3 is 5.11 Å². The standard InChI is InChI=1S/C17H23NO2/c1-13-15(16(19)20)11-17(13)7-9-18(10-8-17)12-14-5-3-2-4-6-14/h2-6,13,15H,7-12H2,1H3,(H,19,20). The van der Waals surface area contributed by atoms with Gasteiger partial charge in [-0.1, -0.05) is 37.3 Å². The quantitative estimate of drug-likeness (QED) is 0.920. The van der Waals surface area contributed by atoms with Crippen molar-refractivity contribution in [2.75, 3.05) is 13.1 Å². The number of hydrogen-bond donors (Lipinski definition) is 1. The summed E-state index contributed by atoms with van der Waals surface area (Å²) in [6.45, 7) is 5.36. The molecule has 1 aromatic rings. The van der Waals surface area contributed by atoms with Crippen molar-refractivity contribution in [3.63, 3.8) is 0 Å². The number of carboxylic acids is 1. The maximum Gasteiger partial charge on any atom is 0.306 e. The Morgan fingerprint density at radius 2 is 1.95 bits per heavy atom. The van der Waals surface area contributed by atoms with Crippen LogP contribution in [0, 0.1) is 17.3 Å². The molecular weight excluding hydrogens is 250 g/mol. The number of carbonyl (C=O) groups is 1. The molecule has 2 unspecified atom stereocenters. The molecule has 1 heterocycles. The van der Waals surface area contributed by atoms with Crippen LogP contribution in [0.3, 0.4) is 0 Å². The van der Waals surface area contributed by atoms with Crippen LogP contribution in [0.1, 0.15) is 31.7 Å². The first-order valence-electron chi connectivity index (χ1n) is 7.60. The third-order valence-corrected chi connectivity index (χ3v) is 5.61. The van der Waals surface area contributed by atoms with Gasteiger partial charge >= 0.3 is 5.97 Å². The van der Waals surface area contributed by atoms with Crippen LogP contribution in [0.15, 0.2) is 30.3 Å². The van der Waals surface area contributed by atoms with Crippen molar-refractivity contribution in [2.24, 2.45) is 17.3 Å². The number of rotatable bonds is 3. The van der Waals surface area contributed by atoms with Crippen molar-refractivity contribution < 1.29 is 9.90 Å². The van der Waals surface area contributed by atoms with Crippen LogP contribution in [0.2, 0.25) is 0 Å². The monoisotopic (exact) mass is 273 g/mol. The van der Waals surface area contributed by atoms with Gasteiger partial charge in [0.05, 0.1) is 5.92 Å². The first-order chi connectivity index (χ1) is 9.61. The Morgan fingerprint density at radius 1 is 1.30 bits per heavy atom. The lowest BCUT2D eigenvalue weighted by Gasteiger charge is -2.56. The summed E-state index contributed by atoms with van der Waals surface area (Å²) < 4.78 is 0. The third kappa shape index (κ3) is 2.35. The normalized spacial score (nSPS) is 29.1. The van der Waals surface area contributed by atoms with Crippen LogP contribution in [0.25, 0.3) is 0 Å². The fraction of sp³-hybridized carbons (Fsp3) is 0.588. The van der Waals surface area contributed by atoms with E-state index in [-0.39, 0.29) is 5.92 Å². The topological polar surface area (TPSA) is 40.5 Å². The van der Waals surface area contributed by atoms with Crippen molar-refractivity contribution in [2.45, 2.75) is 32.7 Å². The Morgan fingerprint density at radius 3 is 2.50 bits per heavy atom. The Bertz CT molecular complexity index is 477. The summed E-state index contributed by atoms with van der Waals surface area (Å²) >= 11 is 0. The zero-order chi connectivity index (χ0) is 14.2. The molecule has 1 aliphatic carbocycles. The Kier molecular flexibility index (Phi) is 3.55. The minimum absolute atomic E-state index is 0.101. The maximum atomic E-state index is 11.1. The highest BCUT2D eigenvalue weighted by Crippen LogP contribution is 2.57. The van der Waals surface area contributed by atoms with E-state index < -0.39 is 5.97 Å². The highest BCUT2D eigenvalue weighted by Gasteiger charge is 2.54. The average molecular weight is 273 g/mol. The molecule has 1 saturated carbocycles.